The molecule has 1 aliphatic heterocycles. The second-order valence-corrected chi connectivity index (χ2v) is 22.8. The zero-order chi connectivity index (χ0) is 30.3. The third-order valence-corrected chi connectivity index (χ3v) is 19.6. The van der Waals surface area contributed by atoms with Crippen LogP contribution in [0.1, 0.15) is 54.4 Å². The predicted octanol–water partition coefficient (Wildman–Crippen LogP) is 6.44. The highest BCUT2D eigenvalue weighted by molar-refractivity contribution is 7.00. The van der Waals surface area contributed by atoms with E-state index in [9.17, 15) is 0 Å². The van der Waals surface area contributed by atoms with Gasteiger partial charge in [-0.05, 0) is 30.8 Å². The van der Waals surface area contributed by atoms with Crippen LogP contribution in [0.2, 0.25) is 10.1 Å². The van der Waals surface area contributed by atoms with E-state index < -0.39 is 16.6 Å². The Morgan fingerprint density at radius 1 is 0.465 bits per heavy atom. The first-order valence-electron chi connectivity index (χ1n) is 15.8. The molecule has 1 saturated carbocycles. The standard InChI is InChI=1S/C38H46O3Si2/c1-37(2,3)42(29-19-11-7-12-20-29,30-21-13-8-14-22-30)40-35-27-33-34(39-33)28-36(35)41-43(38(4,5)6,31-23-15-9-16-24-31)32-25-17-10-18-26-32/h7-26,33-36H,27-28H2,1-6H3/t33-,34+,35-,36+. The van der Waals surface area contributed by atoms with Crippen LogP contribution in [0.4, 0.5) is 0 Å². The third-order valence-electron chi connectivity index (χ3n) is 9.52. The summed E-state index contributed by atoms with van der Waals surface area (Å²) in [5.74, 6) is 0. The lowest BCUT2D eigenvalue weighted by Gasteiger charge is -2.50. The largest absolute Gasteiger partial charge is 0.402 e. The summed E-state index contributed by atoms with van der Waals surface area (Å²) in [6.07, 6.45) is 2.05. The number of hydrogen-bond donors (Lipinski definition) is 0. The number of fused-ring (bicyclic) bond motifs is 1. The van der Waals surface area contributed by atoms with E-state index in [4.69, 9.17) is 13.6 Å². The van der Waals surface area contributed by atoms with Gasteiger partial charge in [-0.25, -0.2) is 0 Å². The van der Waals surface area contributed by atoms with E-state index in [2.05, 4.69) is 163 Å². The molecule has 0 amide bonds. The van der Waals surface area contributed by atoms with Crippen LogP contribution in [-0.2, 0) is 13.6 Å². The summed E-state index contributed by atoms with van der Waals surface area (Å²) >= 11 is 0. The summed E-state index contributed by atoms with van der Waals surface area (Å²) in [5.41, 5.74) is 0. The molecule has 0 N–H and O–H groups in total. The van der Waals surface area contributed by atoms with Crippen molar-refractivity contribution in [1.82, 2.24) is 0 Å². The average molecular weight is 607 g/mol. The van der Waals surface area contributed by atoms with Gasteiger partial charge in [0, 0.05) is 12.8 Å². The van der Waals surface area contributed by atoms with Crippen molar-refractivity contribution in [1.29, 1.82) is 0 Å². The van der Waals surface area contributed by atoms with Crippen LogP contribution in [0.3, 0.4) is 0 Å². The van der Waals surface area contributed by atoms with Gasteiger partial charge in [0.2, 0.25) is 0 Å². The van der Waals surface area contributed by atoms with Crippen molar-refractivity contribution in [3.8, 4) is 0 Å². The van der Waals surface area contributed by atoms with Crippen LogP contribution in [0.15, 0.2) is 121 Å². The van der Waals surface area contributed by atoms with Crippen molar-refractivity contribution < 1.29 is 13.6 Å². The summed E-state index contributed by atoms with van der Waals surface area (Å²) in [7, 11) is -5.58. The second kappa shape index (κ2) is 11.6. The molecule has 4 aromatic carbocycles. The zero-order valence-corrected chi connectivity index (χ0v) is 28.5. The summed E-state index contributed by atoms with van der Waals surface area (Å²) in [4.78, 5) is 0. The maximum Gasteiger partial charge on any atom is 0.261 e. The van der Waals surface area contributed by atoms with Crippen molar-refractivity contribution in [3.05, 3.63) is 121 Å². The first kappa shape index (κ1) is 30.2. The van der Waals surface area contributed by atoms with Gasteiger partial charge in [-0.3, -0.25) is 0 Å². The molecule has 6 rings (SSSR count). The third kappa shape index (κ3) is 5.51. The molecule has 2 fully saturated rings. The Hall–Kier alpha value is -2.81. The quantitative estimate of drug-likeness (QED) is 0.171. The molecule has 2 aliphatic rings. The molecule has 224 valence electrons. The van der Waals surface area contributed by atoms with E-state index in [1.54, 1.807) is 0 Å². The maximum atomic E-state index is 7.81. The Morgan fingerprint density at radius 3 is 0.953 bits per heavy atom. The van der Waals surface area contributed by atoms with Crippen molar-refractivity contribution in [3.63, 3.8) is 0 Å². The molecule has 4 aromatic rings. The SMILES string of the molecule is CC(C)(C)[Si](O[C@H]1C[C@@H]2O[C@@H]2C[C@H]1O[Si](c1ccccc1)(c1ccccc1)C(C)(C)C)(c1ccccc1)c1ccccc1. The van der Waals surface area contributed by atoms with Gasteiger partial charge in [-0.1, -0.05) is 163 Å². The van der Waals surface area contributed by atoms with Crippen molar-refractivity contribution in [2.24, 2.45) is 0 Å². The van der Waals surface area contributed by atoms with Gasteiger partial charge in [0.15, 0.2) is 0 Å². The van der Waals surface area contributed by atoms with E-state index in [0.29, 0.717) is 0 Å². The number of ether oxygens (including phenoxy) is 1. The molecule has 4 atom stereocenters. The Balaban J connectivity index is 1.50. The summed E-state index contributed by atoms with van der Waals surface area (Å²) in [6.45, 7) is 14.1. The number of benzene rings is 4. The molecule has 1 saturated heterocycles. The molecular formula is C38H46O3Si2. The first-order valence-corrected chi connectivity index (χ1v) is 19.6. The number of rotatable bonds is 8. The van der Waals surface area contributed by atoms with Gasteiger partial charge in [-0.2, -0.15) is 0 Å². The van der Waals surface area contributed by atoms with Gasteiger partial charge in [0.05, 0.1) is 24.4 Å². The molecule has 0 spiro atoms. The first-order chi connectivity index (χ1) is 20.6. The second-order valence-electron chi connectivity index (χ2n) is 14.3. The van der Waals surface area contributed by atoms with Crippen LogP contribution in [-0.4, -0.2) is 41.1 Å². The predicted molar refractivity (Wildman–Crippen MR) is 183 cm³/mol. The van der Waals surface area contributed by atoms with Crippen LogP contribution in [0.25, 0.3) is 0 Å². The molecule has 0 unspecified atom stereocenters. The van der Waals surface area contributed by atoms with Gasteiger partial charge in [0.25, 0.3) is 16.6 Å². The highest BCUT2D eigenvalue weighted by Crippen LogP contribution is 2.46. The van der Waals surface area contributed by atoms with E-state index >= 15 is 0 Å². The fraction of sp³-hybridized carbons (Fsp3) is 0.368. The van der Waals surface area contributed by atoms with Gasteiger partial charge in [0.1, 0.15) is 0 Å². The normalized spacial score (nSPS) is 22.6. The Kier molecular flexibility index (Phi) is 8.16. The van der Waals surface area contributed by atoms with Crippen LogP contribution >= 0.6 is 0 Å². The molecule has 43 heavy (non-hydrogen) atoms. The van der Waals surface area contributed by atoms with Crippen LogP contribution in [0.5, 0.6) is 0 Å². The summed E-state index contributed by atoms with van der Waals surface area (Å²) in [5, 5.41) is 4.99. The molecule has 1 heterocycles. The Morgan fingerprint density at radius 2 is 0.721 bits per heavy atom. The Bertz CT molecular complexity index is 1290. The van der Waals surface area contributed by atoms with E-state index in [1.807, 2.05) is 0 Å². The monoisotopic (exact) mass is 606 g/mol. The molecule has 0 bridgehead atoms. The topological polar surface area (TPSA) is 31.0 Å². The number of epoxide rings is 1. The van der Waals surface area contributed by atoms with Gasteiger partial charge >= 0.3 is 0 Å². The Labute approximate surface area is 260 Å². The maximum absolute atomic E-state index is 7.81. The minimum atomic E-state index is -2.79. The van der Waals surface area contributed by atoms with Gasteiger partial charge < -0.3 is 13.6 Å². The molecule has 0 aromatic heterocycles. The fourth-order valence-corrected chi connectivity index (χ4v) is 16.9. The minimum Gasteiger partial charge on any atom is -0.402 e. The smallest absolute Gasteiger partial charge is 0.261 e. The molecule has 5 heteroatoms. The number of hydrogen-bond acceptors (Lipinski definition) is 3. The fourth-order valence-electron chi connectivity index (χ4n) is 7.44. The van der Waals surface area contributed by atoms with E-state index in [0.717, 1.165) is 12.8 Å². The van der Waals surface area contributed by atoms with Crippen LogP contribution < -0.4 is 20.7 Å². The van der Waals surface area contributed by atoms with E-state index in [1.165, 1.54) is 20.7 Å². The van der Waals surface area contributed by atoms with Gasteiger partial charge in [-0.15, -0.1) is 0 Å². The highest BCUT2D eigenvalue weighted by Gasteiger charge is 2.59. The molecule has 3 nitrogen and oxygen atoms in total. The zero-order valence-electron chi connectivity index (χ0n) is 26.5. The minimum absolute atomic E-state index is 0.0864. The lowest BCUT2D eigenvalue weighted by molar-refractivity contribution is 0.0201. The lowest BCUT2D eigenvalue weighted by Crippen LogP contribution is -2.71. The summed E-state index contributed by atoms with van der Waals surface area (Å²) < 4.78 is 21.9. The van der Waals surface area contributed by atoms with Crippen molar-refractivity contribution in [2.45, 2.75) is 88.9 Å². The highest BCUT2D eigenvalue weighted by atomic mass is 28.4. The summed E-state index contributed by atoms with van der Waals surface area (Å²) in [6, 6.07) is 43.9. The molecular weight excluding hydrogens is 561 g/mol. The van der Waals surface area contributed by atoms with Crippen molar-refractivity contribution in [2.75, 3.05) is 0 Å². The molecule has 0 radical (unpaired) electrons. The van der Waals surface area contributed by atoms with Crippen LogP contribution in [0, 0.1) is 0 Å². The van der Waals surface area contributed by atoms with Crippen molar-refractivity contribution >= 4 is 37.4 Å². The van der Waals surface area contributed by atoms with E-state index in [-0.39, 0.29) is 34.5 Å². The average Bonchev–Trinajstić information content (AvgIpc) is 3.77. The lowest BCUT2D eigenvalue weighted by atomic mass is 9.95. The molecule has 1 aliphatic carbocycles.